The van der Waals surface area contributed by atoms with Crippen LogP contribution in [-0.2, 0) is 9.84 Å². The molecule has 1 unspecified atom stereocenters. The highest BCUT2D eigenvalue weighted by Crippen LogP contribution is 2.27. The lowest BCUT2D eigenvalue weighted by molar-refractivity contribution is 0.268. The van der Waals surface area contributed by atoms with Gasteiger partial charge in [-0.25, -0.2) is 8.42 Å². The monoisotopic (exact) mass is 277 g/mol. The average molecular weight is 277 g/mol. The summed E-state index contributed by atoms with van der Waals surface area (Å²) < 4.78 is 23.6. The summed E-state index contributed by atoms with van der Waals surface area (Å²) >= 11 is 0. The van der Waals surface area contributed by atoms with Gasteiger partial charge in [0.2, 0.25) is 0 Å². The summed E-state index contributed by atoms with van der Waals surface area (Å²) in [6.07, 6.45) is 4.82. The lowest BCUT2D eigenvalue weighted by Crippen LogP contribution is -2.34. The van der Waals surface area contributed by atoms with Gasteiger partial charge in [0, 0.05) is 12.3 Å². The molecule has 0 saturated heterocycles. The summed E-state index contributed by atoms with van der Waals surface area (Å²) in [5.41, 5.74) is 0.116. The smallest absolute Gasteiger partial charge is 0.150 e. The fourth-order valence-electron chi connectivity index (χ4n) is 2.29. The Bertz CT molecular complexity index is 301. The van der Waals surface area contributed by atoms with E-state index in [0.717, 1.165) is 45.2 Å². The van der Waals surface area contributed by atoms with E-state index in [0.29, 0.717) is 11.5 Å². The van der Waals surface area contributed by atoms with Crippen molar-refractivity contribution >= 4 is 9.84 Å². The minimum Gasteiger partial charge on any atom is -0.316 e. The average Bonchev–Trinajstić information content (AvgIpc) is 2.28. The molecular formula is C14H31NO2S. The number of rotatable bonds is 11. The third-order valence-electron chi connectivity index (χ3n) is 3.36. The second kappa shape index (κ2) is 8.92. The van der Waals surface area contributed by atoms with Crippen molar-refractivity contribution in [2.75, 3.05) is 24.6 Å². The van der Waals surface area contributed by atoms with E-state index in [2.05, 4.69) is 26.1 Å². The molecule has 0 aliphatic carbocycles. The third kappa shape index (κ3) is 8.09. The molecular weight excluding hydrogens is 246 g/mol. The first-order chi connectivity index (χ1) is 8.39. The van der Waals surface area contributed by atoms with Gasteiger partial charge in [0.05, 0.1) is 5.75 Å². The van der Waals surface area contributed by atoms with Gasteiger partial charge in [-0.3, -0.25) is 0 Å². The first-order valence-corrected chi connectivity index (χ1v) is 9.12. The number of hydrogen-bond acceptors (Lipinski definition) is 3. The van der Waals surface area contributed by atoms with Crippen LogP contribution in [-0.4, -0.2) is 33.0 Å². The maximum Gasteiger partial charge on any atom is 0.150 e. The zero-order valence-corrected chi connectivity index (χ0v) is 13.4. The summed E-state index contributed by atoms with van der Waals surface area (Å²) in [4.78, 5) is 0. The van der Waals surface area contributed by atoms with Crippen LogP contribution in [0, 0.1) is 5.41 Å². The standard InChI is InChI=1S/C14H31NO2S/c1-5-8-14(4,13-15-10-6-2)9-12-18(16,17)11-7-3/h15H,5-13H2,1-4H3. The van der Waals surface area contributed by atoms with E-state index in [4.69, 9.17) is 0 Å². The molecule has 0 spiro atoms. The Morgan fingerprint density at radius 3 is 2.11 bits per heavy atom. The van der Waals surface area contributed by atoms with Crippen LogP contribution in [0.2, 0.25) is 0 Å². The van der Waals surface area contributed by atoms with Crippen LogP contribution in [0.25, 0.3) is 0 Å². The Kier molecular flexibility index (Phi) is 8.87. The Morgan fingerprint density at radius 1 is 0.944 bits per heavy atom. The van der Waals surface area contributed by atoms with Gasteiger partial charge in [0.15, 0.2) is 0 Å². The molecule has 0 radical (unpaired) electrons. The maximum atomic E-state index is 11.8. The van der Waals surface area contributed by atoms with Gasteiger partial charge in [0.25, 0.3) is 0 Å². The Hall–Kier alpha value is -0.0900. The van der Waals surface area contributed by atoms with Crippen LogP contribution < -0.4 is 5.32 Å². The minimum atomic E-state index is -2.84. The Labute approximate surface area is 114 Å². The molecule has 0 aromatic rings. The van der Waals surface area contributed by atoms with E-state index in [1.165, 1.54) is 0 Å². The highest BCUT2D eigenvalue weighted by Gasteiger charge is 2.25. The molecule has 0 aliphatic heterocycles. The van der Waals surface area contributed by atoms with Crippen LogP contribution in [0.5, 0.6) is 0 Å². The highest BCUT2D eigenvalue weighted by molar-refractivity contribution is 7.91. The summed E-state index contributed by atoms with van der Waals surface area (Å²) in [6.45, 7) is 10.4. The zero-order chi connectivity index (χ0) is 14.1. The fourth-order valence-corrected chi connectivity index (χ4v) is 3.92. The minimum absolute atomic E-state index is 0.116. The molecule has 0 amide bonds. The molecule has 0 aromatic heterocycles. The molecule has 4 heteroatoms. The van der Waals surface area contributed by atoms with E-state index >= 15 is 0 Å². The molecule has 18 heavy (non-hydrogen) atoms. The normalized spacial score (nSPS) is 15.6. The topological polar surface area (TPSA) is 46.2 Å². The van der Waals surface area contributed by atoms with Crippen molar-refractivity contribution < 1.29 is 8.42 Å². The van der Waals surface area contributed by atoms with E-state index in [1.807, 2.05) is 6.92 Å². The summed E-state index contributed by atoms with van der Waals surface area (Å²) in [5, 5.41) is 3.43. The maximum absolute atomic E-state index is 11.8. The summed E-state index contributed by atoms with van der Waals surface area (Å²) in [6, 6.07) is 0. The zero-order valence-electron chi connectivity index (χ0n) is 12.6. The van der Waals surface area contributed by atoms with Crippen LogP contribution in [0.1, 0.15) is 59.8 Å². The van der Waals surface area contributed by atoms with E-state index < -0.39 is 9.84 Å². The van der Waals surface area contributed by atoms with Gasteiger partial charge in [0.1, 0.15) is 9.84 Å². The number of hydrogen-bond donors (Lipinski definition) is 1. The Balaban J connectivity index is 4.32. The van der Waals surface area contributed by atoms with Crippen molar-refractivity contribution in [3.63, 3.8) is 0 Å². The van der Waals surface area contributed by atoms with Gasteiger partial charge >= 0.3 is 0 Å². The molecule has 0 fully saturated rings. The van der Waals surface area contributed by atoms with Crippen LogP contribution in [0.15, 0.2) is 0 Å². The largest absolute Gasteiger partial charge is 0.316 e. The first kappa shape index (κ1) is 17.9. The lowest BCUT2D eigenvalue weighted by Gasteiger charge is -2.29. The van der Waals surface area contributed by atoms with Crippen LogP contribution in [0.3, 0.4) is 0 Å². The van der Waals surface area contributed by atoms with E-state index in [1.54, 1.807) is 0 Å². The van der Waals surface area contributed by atoms with Gasteiger partial charge < -0.3 is 5.32 Å². The van der Waals surface area contributed by atoms with Crippen molar-refractivity contribution in [3.8, 4) is 0 Å². The molecule has 1 atom stereocenters. The van der Waals surface area contributed by atoms with Gasteiger partial charge in [-0.05, 0) is 37.6 Å². The van der Waals surface area contributed by atoms with E-state index in [9.17, 15) is 8.42 Å². The summed E-state index contributed by atoms with van der Waals surface area (Å²) in [5.74, 6) is 0.669. The molecule has 0 aromatic carbocycles. The molecule has 110 valence electrons. The van der Waals surface area contributed by atoms with Crippen molar-refractivity contribution in [1.29, 1.82) is 0 Å². The van der Waals surface area contributed by atoms with Gasteiger partial charge in [-0.1, -0.05) is 34.1 Å². The molecule has 0 rings (SSSR count). The second-order valence-electron chi connectivity index (χ2n) is 5.64. The molecule has 0 saturated carbocycles. The predicted octanol–water partition coefficient (Wildman–Crippen LogP) is 3.01. The van der Waals surface area contributed by atoms with Gasteiger partial charge in [-0.15, -0.1) is 0 Å². The molecule has 3 nitrogen and oxygen atoms in total. The molecule has 0 bridgehead atoms. The van der Waals surface area contributed by atoms with Gasteiger partial charge in [-0.2, -0.15) is 0 Å². The lowest BCUT2D eigenvalue weighted by atomic mass is 9.83. The molecule has 0 aliphatic rings. The Morgan fingerprint density at radius 2 is 1.61 bits per heavy atom. The predicted molar refractivity (Wildman–Crippen MR) is 79.7 cm³/mol. The molecule has 0 heterocycles. The highest BCUT2D eigenvalue weighted by atomic mass is 32.2. The van der Waals surface area contributed by atoms with Crippen molar-refractivity contribution in [3.05, 3.63) is 0 Å². The first-order valence-electron chi connectivity index (χ1n) is 7.30. The van der Waals surface area contributed by atoms with Crippen molar-refractivity contribution in [2.45, 2.75) is 59.8 Å². The van der Waals surface area contributed by atoms with Crippen LogP contribution >= 0.6 is 0 Å². The van der Waals surface area contributed by atoms with Crippen molar-refractivity contribution in [1.82, 2.24) is 5.32 Å². The third-order valence-corrected chi connectivity index (χ3v) is 5.22. The SMILES string of the molecule is CCCNCC(C)(CCC)CCS(=O)(=O)CCC. The second-order valence-corrected chi connectivity index (χ2v) is 7.94. The summed E-state index contributed by atoms with van der Waals surface area (Å²) in [7, 11) is -2.84. The number of sulfone groups is 1. The number of nitrogens with one attached hydrogen (secondary N) is 1. The van der Waals surface area contributed by atoms with Crippen molar-refractivity contribution in [2.24, 2.45) is 5.41 Å². The fraction of sp³-hybridized carbons (Fsp3) is 1.00. The quantitative estimate of drug-likeness (QED) is 0.591. The molecule has 1 N–H and O–H groups in total. The van der Waals surface area contributed by atoms with E-state index in [-0.39, 0.29) is 5.41 Å². The van der Waals surface area contributed by atoms with Crippen LogP contribution in [0.4, 0.5) is 0 Å².